The van der Waals surface area contributed by atoms with E-state index in [2.05, 4.69) is 40.0 Å². The second-order valence-electron chi connectivity index (χ2n) is 6.69. The Balaban J connectivity index is 1.40. The minimum absolute atomic E-state index is 0.00350. The van der Waals surface area contributed by atoms with Crippen molar-refractivity contribution in [2.24, 2.45) is 13.0 Å². The van der Waals surface area contributed by atoms with Gasteiger partial charge in [0, 0.05) is 44.2 Å². The highest BCUT2D eigenvalue weighted by Crippen LogP contribution is 2.41. The lowest BCUT2D eigenvalue weighted by atomic mass is 9.90. The summed E-state index contributed by atoms with van der Waals surface area (Å²) in [7, 11) is 1.91. The second kappa shape index (κ2) is 5.81. The van der Waals surface area contributed by atoms with E-state index in [9.17, 15) is 4.79 Å². The number of nitrogens with zero attached hydrogens (tertiary/aromatic N) is 2. The van der Waals surface area contributed by atoms with Crippen molar-refractivity contribution in [1.29, 1.82) is 0 Å². The number of amides is 1. The molecule has 1 aliphatic carbocycles. The number of carbonyl (C=O) groups excluding carboxylic acids is 1. The molecule has 1 aliphatic heterocycles. The zero-order chi connectivity index (χ0) is 15.8. The third-order valence-electron chi connectivity index (χ3n) is 5.05. The Labute approximate surface area is 136 Å². The summed E-state index contributed by atoms with van der Waals surface area (Å²) >= 11 is 0. The van der Waals surface area contributed by atoms with Crippen molar-refractivity contribution in [3.8, 4) is 0 Å². The van der Waals surface area contributed by atoms with Gasteiger partial charge in [-0.2, -0.15) is 5.10 Å². The predicted molar refractivity (Wildman–Crippen MR) is 88.0 cm³/mol. The van der Waals surface area contributed by atoms with E-state index in [-0.39, 0.29) is 17.7 Å². The first-order valence-electron chi connectivity index (χ1n) is 8.27. The third-order valence-corrected chi connectivity index (χ3v) is 5.05. The number of hydrogen-bond acceptors (Lipinski definition) is 3. The van der Waals surface area contributed by atoms with Crippen LogP contribution in [-0.2, 0) is 11.8 Å². The Bertz CT molecular complexity index is 696. The topological polar surface area (TPSA) is 59.0 Å². The van der Waals surface area contributed by atoms with Crippen molar-refractivity contribution in [3.63, 3.8) is 0 Å². The van der Waals surface area contributed by atoms with Crippen molar-refractivity contribution < 1.29 is 4.79 Å². The molecule has 1 saturated carbocycles. The van der Waals surface area contributed by atoms with Crippen molar-refractivity contribution in [2.45, 2.75) is 24.3 Å². The second-order valence-corrected chi connectivity index (χ2v) is 6.69. The zero-order valence-electron chi connectivity index (χ0n) is 13.3. The molecule has 2 aliphatic rings. The van der Waals surface area contributed by atoms with Gasteiger partial charge in [-0.05, 0) is 17.5 Å². The average Bonchev–Trinajstić information content (AvgIpc) is 2.97. The van der Waals surface area contributed by atoms with E-state index >= 15 is 0 Å². The summed E-state index contributed by atoms with van der Waals surface area (Å²) in [6.07, 6.45) is 4.94. The molecular weight excluding hydrogens is 288 g/mol. The summed E-state index contributed by atoms with van der Waals surface area (Å²) in [6, 6.07) is 10.7. The molecule has 4 rings (SSSR count). The minimum Gasteiger partial charge on any atom is -0.352 e. The van der Waals surface area contributed by atoms with Gasteiger partial charge in [0.25, 0.3) is 0 Å². The van der Waals surface area contributed by atoms with Crippen LogP contribution in [0.2, 0.25) is 0 Å². The van der Waals surface area contributed by atoms with Gasteiger partial charge in [-0.15, -0.1) is 0 Å². The van der Waals surface area contributed by atoms with Crippen LogP contribution >= 0.6 is 0 Å². The van der Waals surface area contributed by atoms with Crippen LogP contribution in [0.15, 0.2) is 42.7 Å². The van der Waals surface area contributed by atoms with Gasteiger partial charge in [-0.1, -0.05) is 30.3 Å². The minimum atomic E-state index is -0.00350. The van der Waals surface area contributed by atoms with Gasteiger partial charge in [-0.25, -0.2) is 0 Å². The molecule has 2 heterocycles. The molecule has 2 fully saturated rings. The molecule has 120 valence electrons. The molecule has 23 heavy (non-hydrogen) atoms. The first-order valence-corrected chi connectivity index (χ1v) is 8.27. The molecule has 1 saturated heterocycles. The van der Waals surface area contributed by atoms with E-state index in [0.29, 0.717) is 12.0 Å². The summed E-state index contributed by atoms with van der Waals surface area (Å²) in [5, 5.41) is 10.8. The standard InChI is InChI=1S/C18H22N4O/c1-22-11-13(8-20-22)15-9-19-10-16(15)18(23)21-17-7-14(17)12-5-3-2-4-6-12/h2-6,8,11,14-17,19H,7,9-10H2,1H3,(H,21,23)/t14?,15-,16+,17?/m1/s1. The normalized spacial score (nSPS) is 29.4. The van der Waals surface area contributed by atoms with Crippen molar-refractivity contribution in [3.05, 3.63) is 53.9 Å². The van der Waals surface area contributed by atoms with Gasteiger partial charge in [-0.3, -0.25) is 9.48 Å². The fraction of sp³-hybridized carbons (Fsp3) is 0.444. The summed E-state index contributed by atoms with van der Waals surface area (Å²) < 4.78 is 1.80. The van der Waals surface area contributed by atoms with E-state index in [0.717, 1.165) is 25.1 Å². The van der Waals surface area contributed by atoms with Crippen molar-refractivity contribution >= 4 is 5.91 Å². The Kier molecular flexibility index (Phi) is 3.65. The Morgan fingerprint density at radius 3 is 2.78 bits per heavy atom. The van der Waals surface area contributed by atoms with Gasteiger partial charge in [0.1, 0.15) is 0 Å². The molecule has 2 N–H and O–H groups in total. The maximum atomic E-state index is 12.7. The Morgan fingerprint density at radius 1 is 1.22 bits per heavy atom. The number of aromatic nitrogens is 2. The molecule has 1 amide bonds. The lowest BCUT2D eigenvalue weighted by Gasteiger charge is -2.17. The van der Waals surface area contributed by atoms with Gasteiger partial charge in [0.15, 0.2) is 0 Å². The number of nitrogens with one attached hydrogen (secondary N) is 2. The first kappa shape index (κ1) is 14.5. The molecule has 1 aromatic heterocycles. The van der Waals surface area contributed by atoms with Gasteiger partial charge >= 0.3 is 0 Å². The quantitative estimate of drug-likeness (QED) is 0.897. The van der Waals surface area contributed by atoms with E-state index < -0.39 is 0 Å². The van der Waals surface area contributed by atoms with Crippen molar-refractivity contribution in [2.75, 3.05) is 13.1 Å². The molecule has 4 atom stereocenters. The average molecular weight is 310 g/mol. The van der Waals surface area contributed by atoms with Crippen LogP contribution in [0, 0.1) is 5.92 Å². The van der Waals surface area contributed by atoms with E-state index in [1.807, 2.05) is 25.5 Å². The molecule has 2 unspecified atom stereocenters. The molecule has 5 heteroatoms. The molecular formula is C18H22N4O. The van der Waals surface area contributed by atoms with Crippen LogP contribution in [-0.4, -0.2) is 34.8 Å². The molecule has 5 nitrogen and oxygen atoms in total. The number of carbonyl (C=O) groups is 1. The number of rotatable bonds is 4. The van der Waals surface area contributed by atoms with E-state index in [1.54, 1.807) is 4.68 Å². The zero-order valence-corrected chi connectivity index (χ0v) is 13.3. The molecule has 0 bridgehead atoms. The summed E-state index contributed by atoms with van der Waals surface area (Å²) in [5.41, 5.74) is 2.47. The maximum Gasteiger partial charge on any atom is 0.225 e. The lowest BCUT2D eigenvalue weighted by Crippen LogP contribution is -2.36. The monoisotopic (exact) mass is 310 g/mol. The molecule has 2 aromatic rings. The molecule has 1 aromatic carbocycles. The summed E-state index contributed by atoms with van der Waals surface area (Å²) in [5.74, 6) is 0.868. The first-order chi connectivity index (χ1) is 11.2. The van der Waals surface area contributed by atoms with Crippen LogP contribution in [0.3, 0.4) is 0 Å². The van der Waals surface area contributed by atoms with E-state index in [1.165, 1.54) is 5.56 Å². The van der Waals surface area contributed by atoms with Gasteiger partial charge in [0.05, 0.1) is 12.1 Å². The fourth-order valence-electron chi connectivity index (χ4n) is 3.65. The third kappa shape index (κ3) is 2.88. The van der Waals surface area contributed by atoms with E-state index in [4.69, 9.17) is 0 Å². The summed E-state index contributed by atoms with van der Waals surface area (Å²) in [6.45, 7) is 1.59. The Hall–Kier alpha value is -2.14. The number of aryl methyl sites for hydroxylation is 1. The molecule has 0 radical (unpaired) electrons. The number of hydrogen-bond donors (Lipinski definition) is 2. The predicted octanol–water partition coefficient (Wildman–Crippen LogP) is 1.40. The van der Waals surface area contributed by atoms with Crippen LogP contribution in [0.4, 0.5) is 0 Å². The summed E-state index contributed by atoms with van der Waals surface area (Å²) in [4.78, 5) is 12.7. The maximum absolute atomic E-state index is 12.7. The SMILES string of the molecule is Cn1cc([C@H]2CNC[C@@H]2C(=O)NC2CC2c2ccccc2)cn1. The van der Waals surface area contributed by atoms with Crippen LogP contribution in [0.1, 0.15) is 29.4 Å². The van der Waals surface area contributed by atoms with Crippen LogP contribution < -0.4 is 10.6 Å². The van der Waals surface area contributed by atoms with Crippen LogP contribution in [0.25, 0.3) is 0 Å². The lowest BCUT2D eigenvalue weighted by molar-refractivity contribution is -0.125. The highest BCUT2D eigenvalue weighted by atomic mass is 16.2. The number of benzene rings is 1. The highest BCUT2D eigenvalue weighted by molar-refractivity contribution is 5.81. The Morgan fingerprint density at radius 2 is 2.04 bits per heavy atom. The fourth-order valence-corrected chi connectivity index (χ4v) is 3.65. The van der Waals surface area contributed by atoms with Crippen LogP contribution in [0.5, 0.6) is 0 Å². The van der Waals surface area contributed by atoms with Crippen molar-refractivity contribution in [1.82, 2.24) is 20.4 Å². The molecule has 0 spiro atoms. The largest absolute Gasteiger partial charge is 0.352 e. The highest BCUT2D eigenvalue weighted by Gasteiger charge is 2.42. The van der Waals surface area contributed by atoms with Gasteiger partial charge < -0.3 is 10.6 Å². The smallest absolute Gasteiger partial charge is 0.225 e. The van der Waals surface area contributed by atoms with Gasteiger partial charge in [0.2, 0.25) is 5.91 Å².